The lowest BCUT2D eigenvalue weighted by Crippen LogP contribution is -2.43. The predicted octanol–water partition coefficient (Wildman–Crippen LogP) is 3.60. The van der Waals surface area contributed by atoms with Crippen molar-refractivity contribution in [3.05, 3.63) is 42.2 Å². The lowest BCUT2D eigenvalue weighted by Gasteiger charge is -2.34. The van der Waals surface area contributed by atoms with Crippen LogP contribution in [0.3, 0.4) is 0 Å². The SMILES string of the molecule is CC.CSN1CCN(c2ccc(-c3cn4ncc(C#N)c4c(OC(C)C4CNC(=O)C4)n3)cc2)CC1. The Bertz CT molecular complexity index is 1230. The molecule has 0 saturated carbocycles. The fourth-order valence-electron chi connectivity index (χ4n) is 4.49. The molecule has 36 heavy (non-hydrogen) atoms. The van der Waals surface area contributed by atoms with Crippen molar-refractivity contribution in [3.8, 4) is 23.2 Å². The highest BCUT2D eigenvalue weighted by molar-refractivity contribution is 7.96. The highest BCUT2D eigenvalue weighted by atomic mass is 32.2. The molecule has 2 fully saturated rings. The zero-order chi connectivity index (χ0) is 25.7. The number of benzene rings is 1. The van der Waals surface area contributed by atoms with E-state index in [0.717, 1.165) is 31.7 Å². The zero-order valence-electron chi connectivity index (χ0n) is 21.3. The molecule has 1 N–H and O–H groups in total. The molecule has 2 aliphatic heterocycles. The predicted molar refractivity (Wildman–Crippen MR) is 143 cm³/mol. The van der Waals surface area contributed by atoms with Crippen LogP contribution in [0.15, 0.2) is 36.7 Å². The molecule has 0 spiro atoms. The second-order valence-electron chi connectivity index (χ2n) is 8.63. The van der Waals surface area contributed by atoms with E-state index < -0.39 is 0 Å². The van der Waals surface area contributed by atoms with Gasteiger partial charge in [0.25, 0.3) is 0 Å². The first kappa shape index (κ1) is 25.8. The summed E-state index contributed by atoms with van der Waals surface area (Å²) in [6.07, 6.45) is 5.65. The first-order chi connectivity index (χ1) is 17.6. The Morgan fingerprint density at radius 1 is 1.19 bits per heavy atom. The number of nitrogens with one attached hydrogen (secondary N) is 1. The van der Waals surface area contributed by atoms with Gasteiger partial charge in [-0.3, -0.25) is 4.79 Å². The number of nitriles is 1. The van der Waals surface area contributed by atoms with Crippen LogP contribution in [-0.2, 0) is 4.79 Å². The lowest BCUT2D eigenvalue weighted by molar-refractivity contribution is -0.119. The van der Waals surface area contributed by atoms with Gasteiger partial charge in [-0.15, -0.1) is 0 Å². The average molecular weight is 508 g/mol. The van der Waals surface area contributed by atoms with E-state index in [0.29, 0.717) is 35.6 Å². The quantitative estimate of drug-likeness (QED) is 0.506. The maximum Gasteiger partial charge on any atom is 0.242 e. The number of hydrogen-bond donors (Lipinski definition) is 1. The van der Waals surface area contributed by atoms with E-state index in [-0.39, 0.29) is 17.9 Å². The summed E-state index contributed by atoms with van der Waals surface area (Å²) >= 11 is 1.80. The number of nitrogens with zero attached hydrogens (tertiary/aromatic N) is 6. The van der Waals surface area contributed by atoms with Crippen molar-refractivity contribution in [2.75, 3.05) is 43.9 Å². The third kappa shape index (κ3) is 5.42. The molecule has 0 aliphatic carbocycles. The molecule has 2 unspecified atom stereocenters. The van der Waals surface area contributed by atoms with Gasteiger partial charge >= 0.3 is 0 Å². The number of rotatable bonds is 6. The summed E-state index contributed by atoms with van der Waals surface area (Å²) in [5.74, 6) is 0.442. The smallest absolute Gasteiger partial charge is 0.242 e. The van der Waals surface area contributed by atoms with Crippen molar-refractivity contribution in [2.45, 2.75) is 33.3 Å². The van der Waals surface area contributed by atoms with Crippen molar-refractivity contribution in [1.29, 1.82) is 5.26 Å². The van der Waals surface area contributed by atoms with Crippen LogP contribution in [0.2, 0.25) is 0 Å². The Morgan fingerprint density at radius 3 is 2.53 bits per heavy atom. The number of anilines is 1. The van der Waals surface area contributed by atoms with Gasteiger partial charge in [-0.25, -0.2) is 13.8 Å². The van der Waals surface area contributed by atoms with Gasteiger partial charge in [0.1, 0.15) is 23.3 Å². The molecule has 1 aromatic carbocycles. The largest absolute Gasteiger partial charge is 0.473 e. The molecule has 5 rings (SSSR count). The molecule has 10 heteroatoms. The molecule has 4 heterocycles. The summed E-state index contributed by atoms with van der Waals surface area (Å²) < 4.78 is 10.3. The summed E-state index contributed by atoms with van der Waals surface area (Å²) in [4.78, 5) is 18.8. The van der Waals surface area contributed by atoms with Gasteiger partial charge in [0, 0.05) is 56.3 Å². The minimum Gasteiger partial charge on any atom is -0.473 e. The van der Waals surface area contributed by atoms with Crippen molar-refractivity contribution >= 4 is 29.1 Å². The molecule has 2 saturated heterocycles. The number of amides is 1. The first-order valence-electron chi connectivity index (χ1n) is 12.4. The summed E-state index contributed by atoms with van der Waals surface area (Å²) in [6.45, 7) is 10.6. The topological polar surface area (TPSA) is 98.8 Å². The van der Waals surface area contributed by atoms with E-state index in [9.17, 15) is 10.1 Å². The van der Waals surface area contributed by atoms with Gasteiger partial charge in [0.05, 0.1) is 18.1 Å². The average Bonchev–Trinajstić information content (AvgIpc) is 3.56. The minimum absolute atomic E-state index is 0.0318. The molecule has 3 aromatic rings. The van der Waals surface area contributed by atoms with Crippen LogP contribution in [0.25, 0.3) is 16.8 Å². The number of fused-ring (bicyclic) bond motifs is 1. The normalized spacial score (nSPS) is 18.8. The van der Waals surface area contributed by atoms with Crippen molar-refractivity contribution < 1.29 is 9.53 Å². The third-order valence-corrected chi connectivity index (χ3v) is 7.46. The van der Waals surface area contributed by atoms with Crippen LogP contribution in [0.4, 0.5) is 5.69 Å². The van der Waals surface area contributed by atoms with E-state index >= 15 is 0 Å². The summed E-state index contributed by atoms with van der Waals surface area (Å²) in [5, 5.41) is 16.8. The summed E-state index contributed by atoms with van der Waals surface area (Å²) in [6, 6.07) is 10.5. The highest BCUT2D eigenvalue weighted by Crippen LogP contribution is 2.30. The van der Waals surface area contributed by atoms with Crippen LogP contribution >= 0.6 is 11.9 Å². The maximum atomic E-state index is 11.6. The van der Waals surface area contributed by atoms with Crippen LogP contribution < -0.4 is 15.0 Å². The molecule has 2 aromatic heterocycles. The second kappa shape index (κ2) is 11.6. The Balaban J connectivity index is 0.00000148. The van der Waals surface area contributed by atoms with E-state index in [1.54, 1.807) is 16.5 Å². The zero-order valence-corrected chi connectivity index (χ0v) is 22.1. The molecule has 2 atom stereocenters. The number of carbonyl (C=O) groups is 1. The highest BCUT2D eigenvalue weighted by Gasteiger charge is 2.29. The van der Waals surface area contributed by atoms with Crippen LogP contribution in [0.1, 0.15) is 32.8 Å². The molecule has 190 valence electrons. The lowest BCUT2D eigenvalue weighted by atomic mass is 10.0. The van der Waals surface area contributed by atoms with E-state index in [4.69, 9.17) is 9.72 Å². The van der Waals surface area contributed by atoms with Gasteiger partial charge in [0.15, 0.2) is 0 Å². The van der Waals surface area contributed by atoms with E-state index in [2.05, 4.69) is 56.2 Å². The number of piperazine rings is 1. The Kier molecular flexibility index (Phi) is 8.33. The second-order valence-corrected chi connectivity index (χ2v) is 9.51. The van der Waals surface area contributed by atoms with Crippen LogP contribution in [0, 0.1) is 17.2 Å². The Hall–Kier alpha value is -3.29. The molecule has 1 amide bonds. The van der Waals surface area contributed by atoms with E-state index in [1.165, 1.54) is 11.9 Å². The molecular weight excluding hydrogens is 474 g/mol. The first-order valence-corrected chi connectivity index (χ1v) is 13.6. The molecule has 0 bridgehead atoms. The van der Waals surface area contributed by atoms with Gasteiger partial charge in [-0.2, -0.15) is 10.4 Å². The fourth-order valence-corrected chi connectivity index (χ4v) is 5.02. The van der Waals surface area contributed by atoms with E-state index in [1.807, 2.05) is 27.0 Å². The van der Waals surface area contributed by atoms with Crippen molar-refractivity contribution in [1.82, 2.24) is 24.2 Å². The van der Waals surface area contributed by atoms with Gasteiger partial charge in [-0.1, -0.05) is 37.9 Å². The molecule has 2 aliphatic rings. The number of ether oxygens (including phenoxy) is 1. The number of carbonyl (C=O) groups excluding carboxylic acids is 1. The standard InChI is InChI=1S/C24H27N7O2S.C2H6/c1-16(18-11-22(32)26-13-18)33-24-23-19(12-25)14-27-31(23)15-21(28-24)17-3-5-20(6-4-17)29-7-9-30(34-2)10-8-29;1-2/h3-6,14-16,18H,7-11,13H2,1-2H3,(H,26,32);1-2H3. The summed E-state index contributed by atoms with van der Waals surface area (Å²) in [5.41, 5.74) is 3.79. The van der Waals surface area contributed by atoms with Crippen molar-refractivity contribution in [3.63, 3.8) is 0 Å². The molecule has 0 radical (unpaired) electrons. The van der Waals surface area contributed by atoms with Crippen molar-refractivity contribution in [2.24, 2.45) is 5.92 Å². The van der Waals surface area contributed by atoms with Crippen LogP contribution in [-0.4, -0.2) is 69.9 Å². The molecular formula is C26H33N7O2S. The number of aromatic nitrogens is 3. The third-order valence-electron chi connectivity index (χ3n) is 6.58. The molecule has 9 nitrogen and oxygen atoms in total. The van der Waals surface area contributed by atoms with Gasteiger partial charge in [-0.05, 0) is 25.3 Å². The summed E-state index contributed by atoms with van der Waals surface area (Å²) in [7, 11) is 0. The fraction of sp³-hybridized carbons (Fsp3) is 0.462. The Labute approximate surface area is 216 Å². The monoisotopic (exact) mass is 507 g/mol. The number of hydrogen-bond acceptors (Lipinski definition) is 8. The van der Waals surface area contributed by atoms with Gasteiger partial charge < -0.3 is 15.0 Å². The Morgan fingerprint density at radius 2 is 1.92 bits per heavy atom. The van der Waals surface area contributed by atoms with Gasteiger partial charge in [0.2, 0.25) is 11.8 Å². The maximum absolute atomic E-state index is 11.6. The minimum atomic E-state index is -0.241. The van der Waals surface area contributed by atoms with Crippen LogP contribution in [0.5, 0.6) is 5.88 Å².